The molecule has 0 bridgehead atoms. The molecule has 84 valence electrons. The van der Waals surface area contributed by atoms with Gasteiger partial charge in [0.05, 0.1) is 0 Å². The van der Waals surface area contributed by atoms with Gasteiger partial charge in [-0.3, -0.25) is 0 Å². The smallest absolute Gasteiger partial charge is 0.00819 e. The molecule has 0 heteroatoms. The molecule has 3 rings (SSSR count). The minimum Gasteiger partial charge on any atom is -0.0795 e. The van der Waals surface area contributed by atoms with Gasteiger partial charge in [0.1, 0.15) is 0 Å². The van der Waals surface area contributed by atoms with Crippen molar-refractivity contribution in [3.05, 3.63) is 64.7 Å². The Balaban J connectivity index is 2.29. The Labute approximate surface area is 103 Å². The molecule has 2 aromatic rings. The maximum atomic E-state index is 2.26. The van der Waals surface area contributed by atoms with Crippen LogP contribution in [0, 0.1) is 13.8 Å². The van der Waals surface area contributed by atoms with Crippen LogP contribution in [0.3, 0.4) is 0 Å². The van der Waals surface area contributed by atoms with Crippen LogP contribution in [0.4, 0.5) is 0 Å². The molecular formula is C17H16. The van der Waals surface area contributed by atoms with Crippen LogP contribution in [0.25, 0.3) is 17.2 Å². The summed E-state index contributed by atoms with van der Waals surface area (Å²) in [5.41, 5.74) is 8.42. The summed E-state index contributed by atoms with van der Waals surface area (Å²) in [6.07, 6.45) is 5.56. The lowest BCUT2D eigenvalue weighted by Gasteiger charge is -2.14. The molecule has 1 aliphatic rings. The van der Waals surface area contributed by atoms with E-state index in [0.717, 1.165) is 6.42 Å². The first-order valence-corrected chi connectivity index (χ1v) is 6.12. The van der Waals surface area contributed by atoms with Crippen LogP contribution in [0.1, 0.15) is 22.3 Å². The van der Waals surface area contributed by atoms with Crippen LogP contribution < -0.4 is 0 Å². The van der Waals surface area contributed by atoms with E-state index in [1.165, 1.54) is 33.4 Å². The molecule has 0 N–H and O–H groups in total. The number of benzene rings is 2. The summed E-state index contributed by atoms with van der Waals surface area (Å²) in [5, 5.41) is 0. The molecule has 0 saturated heterocycles. The molecule has 1 aliphatic carbocycles. The highest BCUT2D eigenvalue weighted by Gasteiger charge is 2.14. The van der Waals surface area contributed by atoms with E-state index in [4.69, 9.17) is 0 Å². The molecule has 0 aliphatic heterocycles. The highest BCUT2D eigenvalue weighted by Crippen LogP contribution is 2.35. The van der Waals surface area contributed by atoms with Crippen molar-refractivity contribution >= 4 is 6.08 Å². The monoisotopic (exact) mass is 220 g/mol. The van der Waals surface area contributed by atoms with Gasteiger partial charge in [-0.25, -0.2) is 0 Å². The Bertz CT molecular complexity index is 603. The fourth-order valence-corrected chi connectivity index (χ4v) is 2.69. The third-order valence-electron chi connectivity index (χ3n) is 3.59. The van der Waals surface area contributed by atoms with Gasteiger partial charge in [0.2, 0.25) is 0 Å². The van der Waals surface area contributed by atoms with Crippen LogP contribution in [0.15, 0.2) is 42.5 Å². The van der Waals surface area contributed by atoms with Crippen LogP contribution in [0.2, 0.25) is 0 Å². The molecule has 0 saturated carbocycles. The second-order valence-corrected chi connectivity index (χ2v) is 4.75. The summed E-state index contributed by atoms with van der Waals surface area (Å²) in [7, 11) is 0. The molecular weight excluding hydrogens is 204 g/mol. The molecule has 0 spiro atoms. The van der Waals surface area contributed by atoms with Gasteiger partial charge in [0.15, 0.2) is 0 Å². The predicted octanol–water partition coefficient (Wildman–Crippen LogP) is 4.54. The zero-order valence-corrected chi connectivity index (χ0v) is 10.3. The average molecular weight is 220 g/mol. The van der Waals surface area contributed by atoms with E-state index in [2.05, 4.69) is 62.4 Å². The quantitative estimate of drug-likeness (QED) is 0.662. The zero-order chi connectivity index (χ0) is 11.8. The third kappa shape index (κ3) is 1.61. The molecule has 0 nitrogen and oxygen atoms in total. The number of aryl methyl sites for hydroxylation is 2. The number of fused-ring (bicyclic) bond motifs is 1. The lowest BCUT2D eigenvalue weighted by molar-refractivity contribution is 1.27. The van der Waals surface area contributed by atoms with Crippen molar-refractivity contribution < 1.29 is 0 Å². The number of hydrogen-bond acceptors (Lipinski definition) is 0. The minimum atomic E-state index is 1.07. The molecule has 0 radical (unpaired) electrons. The lowest BCUT2D eigenvalue weighted by atomic mass is 9.90. The maximum Gasteiger partial charge on any atom is -0.00819 e. The number of rotatable bonds is 1. The summed E-state index contributed by atoms with van der Waals surface area (Å²) in [6.45, 7) is 4.40. The Hall–Kier alpha value is -1.82. The van der Waals surface area contributed by atoms with Crippen molar-refractivity contribution in [2.24, 2.45) is 0 Å². The fourth-order valence-electron chi connectivity index (χ4n) is 2.69. The minimum absolute atomic E-state index is 1.07. The van der Waals surface area contributed by atoms with Gasteiger partial charge in [-0.05, 0) is 53.6 Å². The van der Waals surface area contributed by atoms with Gasteiger partial charge in [-0.1, -0.05) is 48.6 Å². The van der Waals surface area contributed by atoms with Crippen LogP contribution in [0.5, 0.6) is 0 Å². The number of hydrogen-bond donors (Lipinski definition) is 0. The molecule has 0 atom stereocenters. The first kappa shape index (κ1) is 10.3. The topological polar surface area (TPSA) is 0 Å². The maximum absolute atomic E-state index is 2.26. The molecule has 0 amide bonds. The summed E-state index contributed by atoms with van der Waals surface area (Å²) in [4.78, 5) is 0. The fraction of sp³-hybridized carbons (Fsp3) is 0.176. The van der Waals surface area contributed by atoms with Crippen molar-refractivity contribution in [3.63, 3.8) is 0 Å². The van der Waals surface area contributed by atoms with E-state index in [9.17, 15) is 0 Å². The van der Waals surface area contributed by atoms with Gasteiger partial charge < -0.3 is 0 Å². The van der Waals surface area contributed by atoms with Crippen LogP contribution in [-0.2, 0) is 6.42 Å². The first-order valence-electron chi connectivity index (χ1n) is 6.12. The second-order valence-electron chi connectivity index (χ2n) is 4.75. The SMILES string of the molecule is Cc1ccccc1-c1c(C)ccc2c1CC=C2. The molecule has 0 unspecified atom stereocenters. The van der Waals surface area contributed by atoms with Crippen molar-refractivity contribution in [3.8, 4) is 11.1 Å². The van der Waals surface area contributed by atoms with E-state index >= 15 is 0 Å². The van der Waals surface area contributed by atoms with Crippen LogP contribution >= 0.6 is 0 Å². The summed E-state index contributed by atoms with van der Waals surface area (Å²) in [6, 6.07) is 13.1. The molecule has 0 heterocycles. The standard InChI is InChI=1S/C17H16/c1-12-6-3-4-8-15(12)17-13(2)10-11-14-7-5-9-16(14)17/h3-8,10-11H,9H2,1-2H3. The van der Waals surface area contributed by atoms with Gasteiger partial charge in [0, 0.05) is 0 Å². The molecule has 0 fully saturated rings. The van der Waals surface area contributed by atoms with E-state index in [0.29, 0.717) is 0 Å². The van der Waals surface area contributed by atoms with Gasteiger partial charge in [-0.15, -0.1) is 0 Å². The van der Waals surface area contributed by atoms with E-state index < -0.39 is 0 Å². The predicted molar refractivity (Wildman–Crippen MR) is 74.1 cm³/mol. The molecule has 2 aromatic carbocycles. The van der Waals surface area contributed by atoms with Gasteiger partial charge in [0.25, 0.3) is 0 Å². The molecule has 17 heavy (non-hydrogen) atoms. The van der Waals surface area contributed by atoms with Gasteiger partial charge in [-0.2, -0.15) is 0 Å². The van der Waals surface area contributed by atoms with Crippen LogP contribution in [-0.4, -0.2) is 0 Å². The van der Waals surface area contributed by atoms with Crippen molar-refractivity contribution in [1.82, 2.24) is 0 Å². The third-order valence-corrected chi connectivity index (χ3v) is 3.59. The molecule has 0 aromatic heterocycles. The van der Waals surface area contributed by atoms with E-state index in [1.807, 2.05) is 0 Å². The first-order chi connectivity index (χ1) is 8.27. The summed E-state index contributed by atoms with van der Waals surface area (Å²) >= 11 is 0. The zero-order valence-electron chi connectivity index (χ0n) is 10.3. The van der Waals surface area contributed by atoms with Gasteiger partial charge >= 0.3 is 0 Å². The summed E-state index contributed by atoms with van der Waals surface area (Å²) in [5.74, 6) is 0. The van der Waals surface area contributed by atoms with E-state index in [1.54, 1.807) is 0 Å². The largest absolute Gasteiger partial charge is 0.0795 e. The Kier molecular flexibility index (Phi) is 2.36. The Morgan fingerprint density at radius 3 is 2.53 bits per heavy atom. The Morgan fingerprint density at radius 1 is 0.882 bits per heavy atom. The normalized spacial score (nSPS) is 12.8. The highest BCUT2D eigenvalue weighted by molar-refractivity contribution is 5.79. The summed E-state index contributed by atoms with van der Waals surface area (Å²) < 4.78 is 0. The average Bonchev–Trinajstić information content (AvgIpc) is 2.79. The van der Waals surface area contributed by atoms with Crippen molar-refractivity contribution in [1.29, 1.82) is 0 Å². The second kappa shape index (κ2) is 3.89. The Morgan fingerprint density at radius 2 is 1.71 bits per heavy atom. The van der Waals surface area contributed by atoms with Crippen molar-refractivity contribution in [2.75, 3.05) is 0 Å². The van der Waals surface area contributed by atoms with Crippen molar-refractivity contribution in [2.45, 2.75) is 20.3 Å². The highest BCUT2D eigenvalue weighted by atomic mass is 14.2. The lowest BCUT2D eigenvalue weighted by Crippen LogP contribution is -1.94. The number of allylic oxidation sites excluding steroid dienone is 1. The van der Waals surface area contributed by atoms with E-state index in [-0.39, 0.29) is 0 Å².